The van der Waals surface area contributed by atoms with E-state index in [0.717, 1.165) is 73.2 Å². The number of rotatable bonds is 14. The van der Waals surface area contributed by atoms with Crippen LogP contribution >= 0.6 is 12.4 Å². The monoisotopic (exact) mass is 833 g/mol. The fraction of sp³-hybridized carbons (Fsp3) is 0.349. The maximum absolute atomic E-state index is 13.2. The largest absolute Gasteiger partial charge is 0.494 e. The highest BCUT2D eigenvalue weighted by molar-refractivity contribution is 6.05. The van der Waals surface area contributed by atoms with Crippen LogP contribution in [0.2, 0.25) is 0 Å². The summed E-state index contributed by atoms with van der Waals surface area (Å²) < 4.78 is 7.94. The number of carbonyl (C=O) groups is 4. The predicted molar refractivity (Wildman–Crippen MR) is 227 cm³/mol. The van der Waals surface area contributed by atoms with Crippen LogP contribution in [0, 0.1) is 0 Å². The van der Waals surface area contributed by atoms with E-state index in [9.17, 15) is 19.2 Å². The molecule has 2 fully saturated rings. The Bertz CT molecular complexity index is 2330. The molecule has 1 unspecified atom stereocenters. The molecule has 0 spiro atoms. The lowest BCUT2D eigenvalue weighted by Gasteiger charge is -2.36. The molecule has 0 aliphatic carbocycles. The Hall–Kier alpha value is -6.39. The summed E-state index contributed by atoms with van der Waals surface area (Å²) in [6.07, 6.45) is 4.63. The summed E-state index contributed by atoms with van der Waals surface area (Å²) >= 11 is 0. The highest BCUT2D eigenvalue weighted by Gasteiger charge is 2.39. The molecule has 5 aromatic rings. The van der Waals surface area contributed by atoms with E-state index in [1.54, 1.807) is 23.2 Å². The lowest BCUT2D eigenvalue weighted by Crippen LogP contribution is -2.52. The van der Waals surface area contributed by atoms with Crippen molar-refractivity contribution >= 4 is 47.4 Å². The Labute approximate surface area is 354 Å². The van der Waals surface area contributed by atoms with Crippen molar-refractivity contribution in [1.29, 1.82) is 0 Å². The summed E-state index contributed by atoms with van der Waals surface area (Å²) in [5.74, 6) is 1.15. The van der Waals surface area contributed by atoms with Gasteiger partial charge in [0.1, 0.15) is 23.8 Å². The zero-order valence-corrected chi connectivity index (χ0v) is 34.4. The number of carbonyl (C=O) groups excluding carboxylic acids is 4. The van der Waals surface area contributed by atoms with Crippen molar-refractivity contribution in [3.05, 3.63) is 113 Å². The zero-order chi connectivity index (χ0) is 40.9. The van der Waals surface area contributed by atoms with Gasteiger partial charge in [-0.3, -0.25) is 29.4 Å². The van der Waals surface area contributed by atoms with Crippen LogP contribution in [0.15, 0.2) is 85.3 Å². The van der Waals surface area contributed by atoms with Gasteiger partial charge in [0, 0.05) is 81.4 Å². The minimum Gasteiger partial charge on any atom is -0.494 e. The summed E-state index contributed by atoms with van der Waals surface area (Å²) in [6.45, 7) is 7.87. The van der Waals surface area contributed by atoms with E-state index >= 15 is 0 Å². The summed E-state index contributed by atoms with van der Waals surface area (Å²) in [4.78, 5) is 64.9. The molecular formula is C43H48ClN11O5. The Morgan fingerprint density at radius 2 is 1.80 bits per heavy atom. The molecular weight excluding hydrogens is 786 g/mol. The number of hydrogen-bond donors (Lipinski definition) is 3. The molecule has 3 N–H and O–H groups in total. The van der Waals surface area contributed by atoms with Crippen LogP contribution in [0.1, 0.15) is 69.9 Å². The third-order valence-corrected chi connectivity index (χ3v) is 11.2. The Kier molecular flexibility index (Phi) is 13.0. The van der Waals surface area contributed by atoms with Crippen molar-refractivity contribution < 1.29 is 23.9 Å². The molecule has 3 aliphatic rings. The number of nitrogens with zero attached hydrogens (tertiary/aromatic N) is 8. The van der Waals surface area contributed by atoms with Gasteiger partial charge in [-0.05, 0) is 85.5 Å². The maximum atomic E-state index is 13.2. The number of amides is 4. The Balaban J connectivity index is 0.00000544. The molecule has 17 heteroatoms. The number of halogens is 1. The third-order valence-electron chi connectivity index (χ3n) is 11.2. The van der Waals surface area contributed by atoms with Crippen molar-refractivity contribution in [2.24, 2.45) is 7.05 Å². The van der Waals surface area contributed by atoms with Gasteiger partial charge in [0.15, 0.2) is 11.6 Å². The summed E-state index contributed by atoms with van der Waals surface area (Å²) in [5, 5.41) is 17.4. The first kappa shape index (κ1) is 41.8. The first-order valence-electron chi connectivity index (χ1n) is 20.0. The van der Waals surface area contributed by atoms with E-state index in [1.807, 2.05) is 73.1 Å². The smallest absolute Gasteiger partial charge is 0.255 e. The van der Waals surface area contributed by atoms with Crippen LogP contribution in [0.5, 0.6) is 5.75 Å². The maximum Gasteiger partial charge on any atom is 0.255 e. The number of hydrogen-bond acceptors (Lipinski definition) is 12. The van der Waals surface area contributed by atoms with Gasteiger partial charge in [-0.1, -0.05) is 18.2 Å². The fourth-order valence-electron chi connectivity index (χ4n) is 7.79. The number of piperazine rings is 1. The van der Waals surface area contributed by atoms with Gasteiger partial charge in [-0.15, -0.1) is 22.6 Å². The molecule has 312 valence electrons. The number of anilines is 2. The van der Waals surface area contributed by atoms with Crippen LogP contribution in [-0.4, -0.2) is 104 Å². The van der Waals surface area contributed by atoms with Gasteiger partial charge in [0.2, 0.25) is 11.8 Å². The molecule has 0 radical (unpaired) electrons. The number of imide groups is 1. The molecule has 2 aromatic heterocycles. The number of piperidine rings is 1. The second-order valence-corrected chi connectivity index (χ2v) is 15.1. The fourth-order valence-corrected chi connectivity index (χ4v) is 7.79. The molecule has 5 heterocycles. The minimum absolute atomic E-state index is 0. The summed E-state index contributed by atoms with van der Waals surface area (Å²) in [6, 6.07) is 22.1. The van der Waals surface area contributed by atoms with E-state index in [2.05, 4.69) is 52.0 Å². The molecule has 0 saturated carbocycles. The highest BCUT2D eigenvalue weighted by atomic mass is 35.5. The molecule has 2 saturated heterocycles. The van der Waals surface area contributed by atoms with Crippen LogP contribution in [0.3, 0.4) is 0 Å². The average Bonchev–Trinajstić information content (AvgIpc) is 3.80. The van der Waals surface area contributed by atoms with Gasteiger partial charge in [-0.25, -0.2) is 9.97 Å². The van der Waals surface area contributed by atoms with Crippen molar-refractivity contribution in [3.8, 4) is 17.3 Å². The highest BCUT2D eigenvalue weighted by Crippen LogP contribution is 2.31. The predicted octanol–water partition coefficient (Wildman–Crippen LogP) is 4.15. The number of benzene rings is 3. The van der Waals surface area contributed by atoms with Crippen molar-refractivity contribution in [3.63, 3.8) is 0 Å². The lowest BCUT2D eigenvalue weighted by atomic mass is 10.0. The van der Waals surface area contributed by atoms with Crippen molar-refractivity contribution in [1.82, 2.24) is 45.2 Å². The van der Waals surface area contributed by atoms with Crippen LogP contribution < -0.4 is 25.6 Å². The molecule has 0 bridgehead atoms. The van der Waals surface area contributed by atoms with Crippen molar-refractivity contribution in [2.45, 2.75) is 51.4 Å². The molecule has 2 atom stereocenters. The van der Waals surface area contributed by atoms with Crippen LogP contribution in [0.4, 0.5) is 11.4 Å². The second-order valence-electron chi connectivity index (χ2n) is 15.1. The topological polar surface area (TPSA) is 180 Å². The molecule has 3 aliphatic heterocycles. The van der Waals surface area contributed by atoms with Crippen molar-refractivity contribution in [2.75, 3.05) is 49.5 Å². The first-order valence-corrected chi connectivity index (χ1v) is 20.0. The molecule has 4 amide bonds. The number of ether oxygens (including phenoxy) is 1. The average molecular weight is 834 g/mol. The minimum atomic E-state index is -0.610. The van der Waals surface area contributed by atoms with Gasteiger partial charge in [0.05, 0.1) is 19.2 Å². The summed E-state index contributed by atoms with van der Waals surface area (Å²) in [5.41, 5.74) is 5.63. The number of fused-ring (bicyclic) bond motifs is 1. The SMILES string of the molecule is C[C@@H](NC(=O)c1cccc(NCc2nnc(-c3ccncn3)n2C)c1)c1ccc(OCCCN2CCN(c3ccc4c(c3)CN(C3CCC(=O)NC3=O)C4=O)CC2)cc1.Cl. The van der Waals surface area contributed by atoms with E-state index in [4.69, 9.17) is 4.74 Å². The molecule has 60 heavy (non-hydrogen) atoms. The molecule has 8 rings (SSSR count). The van der Waals surface area contributed by atoms with Gasteiger partial charge in [-0.2, -0.15) is 0 Å². The normalized spacial score (nSPS) is 17.1. The lowest BCUT2D eigenvalue weighted by molar-refractivity contribution is -0.136. The Morgan fingerprint density at radius 3 is 2.57 bits per heavy atom. The van der Waals surface area contributed by atoms with Crippen LogP contribution in [-0.2, 0) is 29.7 Å². The van der Waals surface area contributed by atoms with E-state index in [1.165, 1.54) is 6.33 Å². The van der Waals surface area contributed by atoms with E-state index < -0.39 is 11.9 Å². The standard InChI is InChI=1S/C43H47N11O5.ClH/c1-28(47-41(56)30-5-3-6-32(23-30)45-25-38-49-50-40(51(38)2)36-15-16-44-27-46-36)29-7-10-34(11-8-29)59-22-4-17-52-18-20-53(21-19-52)33-9-12-35-31(24-33)26-54(43(35)58)37-13-14-39(55)48-42(37)57;/h3,5-12,15-16,23-24,27-28,37,45H,4,13-14,17-22,25-26H2,1-2H3,(H,47,56)(H,48,55,57);1H/t28-,37?;/m1./s1. The molecule has 16 nitrogen and oxygen atoms in total. The first-order chi connectivity index (χ1) is 28.7. The van der Waals surface area contributed by atoms with Gasteiger partial charge >= 0.3 is 0 Å². The van der Waals surface area contributed by atoms with E-state index in [-0.39, 0.29) is 42.6 Å². The second kappa shape index (κ2) is 18.7. The zero-order valence-electron chi connectivity index (χ0n) is 33.5. The van der Waals surface area contributed by atoms with Crippen LogP contribution in [0.25, 0.3) is 11.5 Å². The van der Waals surface area contributed by atoms with Gasteiger partial charge in [0.25, 0.3) is 11.8 Å². The van der Waals surface area contributed by atoms with E-state index in [0.29, 0.717) is 48.8 Å². The third kappa shape index (κ3) is 9.40. The number of aromatic nitrogens is 5. The Morgan fingerprint density at radius 1 is 0.983 bits per heavy atom. The quantitative estimate of drug-likeness (QED) is 0.108. The summed E-state index contributed by atoms with van der Waals surface area (Å²) in [7, 11) is 1.89. The molecule has 3 aromatic carbocycles. The number of nitrogens with one attached hydrogen (secondary N) is 3. The van der Waals surface area contributed by atoms with Gasteiger partial charge < -0.3 is 29.7 Å².